The lowest BCUT2D eigenvalue weighted by atomic mass is 9.98. The number of guanidine groups is 1. The van der Waals surface area contributed by atoms with E-state index in [0.29, 0.717) is 16.8 Å². The molecule has 0 aromatic heterocycles. The van der Waals surface area contributed by atoms with Crippen LogP contribution in [0.3, 0.4) is 0 Å². The first kappa shape index (κ1) is 32.3. The number of aryl methyl sites for hydroxylation is 1. The smallest absolute Gasteiger partial charge is 0.407 e. The molecule has 1 aliphatic rings. The van der Waals surface area contributed by atoms with E-state index in [1.165, 1.54) is 7.11 Å². The zero-order valence-electron chi connectivity index (χ0n) is 26.2. The summed E-state index contributed by atoms with van der Waals surface area (Å²) in [5.74, 6) is 4.81. The fraction of sp³-hybridized carbons (Fsp3) is 0.189. The van der Waals surface area contributed by atoms with Crippen molar-refractivity contribution in [1.82, 2.24) is 10.6 Å². The van der Waals surface area contributed by atoms with Gasteiger partial charge in [-0.15, -0.1) is 0 Å². The third-order valence-corrected chi connectivity index (χ3v) is 7.89. The number of alkyl carbamates (subject to hydrolysis) is 1. The molecule has 0 spiro atoms. The van der Waals surface area contributed by atoms with Crippen molar-refractivity contribution in [1.29, 1.82) is 0 Å². The summed E-state index contributed by atoms with van der Waals surface area (Å²) in [5.41, 5.74) is 18.6. The van der Waals surface area contributed by atoms with Crippen molar-refractivity contribution in [3.8, 4) is 23.0 Å². The number of ether oxygens (including phenoxy) is 2. The minimum atomic E-state index is -1.17. The molecular weight excluding hydrogens is 594 g/mol. The Morgan fingerprint density at radius 1 is 0.872 bits per heavy atom. The average Bonchev–Trinajstić information content (AvgIpc) is 3.38. The second-order valence-corrected chi connectivity index (χ2v) is 11.1. The Bertz CT molecular complexity index is 1860. The van der Waals surface area contributed by atoms with Gasteiger partial charge in [-0.3, -0.25) is 4.79 Å². The topological polar surface area (TPSA) is 158 Å². The average molecular weight is 630 g/mol. The number of nitrogens with one attached hydrogen (secondary N) is 2. The molecule has 0 unspecified atom stereocenters. The van der Waals surface area contributed by atoms with E-state index < -0.39 is 30.1 Å². The van der Waals surface area contributed by atoms with E-state index >= 15 is 0 Å². The van der Waals surface area contributed by atoms with Crippen LogP contribution in [0, 0.1) is 18.8 Å². The maximum absolute atomic E-state index is 13.1. The molecule has 1 aliphatic carbocycles. The van der Waals surface area contributed by atoms with Crippen LogP contribution in [-0.2, 0) is 14.3 Å². The number of rotatable bonds is 8. The summed E-state index contributed by atoms with van der Waals surface area (Å²) in [4.78, 5) is 42.7. The van der Waals surface area contributed by atoms with Crippen LogP contribution in [-0.4, -0.2) is 49.7 Å². The van der Waals surface area contributed by atoms with Crippen molar-refractivity contribution in [2.24, 2.45) is 16.5 Å². The highest BCUT2D eigenvalue weighted by Gasteiger charge is 2.32. The number of hydrogen-bond donors (Lipinski definition) is 4. The lowest BCUT2D eigenvalue weighted by Crippen LogP contribution is -2.54. The lowest BCUT2D eigenvalue weighted by molar-refractivity contribution is -0.143. The molecule has 5 rings (SSSR count). The fourth-order valence-corrected chi connectivity index (χ4v) is 5.50. The summed E-state index contributed by atoms with van der Waals surface area (Å²) < 4.78 is 10.5. The van der Waals surface area contributed by atoms with E-state index in [9.17, 15) is 14.4 Å². The standard InChI is InChI=1S/C37H35N5O5/c1-22-20-27(41-36(38)39)19-18-25(22)15-12-24-13-16-26(17-14-24)34(43)42-33(35(44)46-3)23(2)40-37(45)47-21-32-30-10-6-4-8-28(30)29-9-5-7-11-31(29)32/h4-11,13-14,16-20,23,32-33H,21H2,1-3H3,(H,40,45)(H,42,43)(H4,38,39,41)/t23-,33+/m1/s1. The highest BCUT2D eigenvalue weighted by atomic mass is 16.5. The molecule has 10 heteroatoms. The molecule has 6 N–H and O–H groups in total. The van der Waals surface area contributed by atoms with Crippen LogP contribution in [0.4, 0.5) is 10.5 Å². The number of esters is 1. The maximum Gasteiger partial charge on any atom is 0.407 e. The summed E-state index contributed by atoms with van der Waals surface area (Å²) in [7, 11) is 1.21. The van der Waals surface area contributed by atoms with Gasteiger partial charge >= 0.3 is 12.1 Å². The van der Waals surface area contributed by atoms with E-state index in [1.807, 2.05) is 55.5 Å². The Morgan fingerprint density at radius 2 is 1.51 bits per heavy atom. The predicted molar refractivity (Wildman–Crippen MR) is 180 cm³/mol. The first-order valence-corrected chi connectivity index (χ1v) is 15.0. The van der Waals surface area contributed by atoms with Gasteiger partial charge in [-0.2, -0.15) is 0 Å². The summed E-state index contributed by atoms with van der Waals surface area (Å²) >= 11 is 0. The van der Waals surface area contributed by atoms with Crippen LogP contribution in [0.2, 0.25) is 0 Å². The highest BCUT2D eigenvalue weighted by molar-refractivity contribution is 5.97. The Hall–Kier alpha value is -6.08. The van der Waals surface area contributed by atoms with Gasteiger partial charge in [0.2, 0.25) is 0 Å². The van der Waals surface area contributed by atoms with Crippen molar-refractivity contribution in [3.63, 3.8) is 0 Å². The van der Waals surface area contributed by atoms with Crippen molar-refractivity contribution in [2.75, 3.05) is 13.7 Å². The first-order chi connectivity index (χ1) is 22.6. The molecule has 238 valence electrons. The van der Waals surface area contributed by atoms with Crippen LogP contribution in [0.25, 0.3) is 11.1 Å². The number of benzene rings is 4. The molecule has 0 bridgehead atoms. The minimum Gasteiger partial charge on any atom is -0.467 e. The molecule has 4 aromatic rings. The minimum absolute atomic E-state index is 0.0217. The van der Waals surface area contributed by atoms with Gasteiger partial charge in [0.05, 0.1) is 18.8 Å². The number of amides is 2. The van der Waals surface area contributed by atoms with Crippen LogP contribution in [0.1, 0.15) is 51.0 Å². The zero-order chi connectivity index (χ0) is 33.5. The number of nitrogens with zero attached hydrogens (tertiary/aromatic N) is 1. The normalized spacial score (nSPS) is 12.7. The Labute approximate surface area is 273 Å². The molecule has 47 heavy (non-hydrogen) atoms. The van der Waals surface area contributed by atoms with Crippen molar-refractivity contribution >= 4 is 29.6 Å². The Morgan fingerprint density at radius 3 is 2.11 bits per heavy atom. The van der Waals surface area contributed by atoms with Gasteiger partial charge < -0.3 is 31.6 Å². The number of hydrogen-bond acceptors (Lipinski definition) is 6. The number of fused-ring (bicyclic) bond motifs is 3. The lowest BCUT2D eigenvalue weighted by Gasteiger charge is -2.24. The van der Waals surface area contributed by atoms with E-state index in [-0.39, 0.29) is 18.5 Å². The van der Waals surface area contributed by atoms with Gasteiger partial charge in [-0.05, 0) is 84.1 Å². The van der Waals surface area contributed by atoms with Crippen LogP contribution < -0.4 is 22.1 Å². The number of carbonyl (C=O) groups is 3. The quantitative estimate of drug-likeness (QED) is 0.0967. The van der Waals surface area contributed by atoms with Crippen molar-refractivity contribution in [2.45, 2.75) is 31.8 Å². The molecule has 0 aliphatic heterocycles. The summed E-state index contributed by atoms with van der Waals surface area (Å²) in [6.45, 7) is 3.61. The fourth-order valence-electron chi connectivity index (χ4n) is 5.50. The summed E-state index contributed by atoms with van der Waals surface area (Å²) in [6, 6.07) is 26.1. The highest BCUT2D eigenvalue weighted by Crippen LogP contribution is 2.44. The third kappa shape index (κ3) is 7.60. The molecule has 0 saturated heterocycles. The molecule has 0 radical (unpaired) electrons. The van der Waals surface area contributed by atoms with Crippen LogP contribution >= 0.6 is 0 Å². The van der Waals surface area contributed by atoms with Crippen molar-refractivity contribution < 1.29 is 23.9 Å². The molecule has 2 amide bonds. The molecule has 10 nitrogen and oxygen atoms in total. The van der Waals surface area contributed by atoms with E-state index in [4.69, 9.17) is 20.9 Å². The van der Waals surface area contributed by atoms with E-state index in [1.54, 1.807) is 37.3 Å². The van der Waals surface area contributed by atoms with Gasteiger partial charge in [0.15, 0.2) is 5.96 Å². The summed E-state index contributed by atoms with van der Waals surface area (Å²) in [6.07, 6.45) is -0.716. The van der Waals surface area contributed by atoms with Gasteiger partial charge in [-0.1, -0.05) is 60.4 Å². The van der Waals surface area contributed by atoms with Gasteiger partial charge in [0.1, 0.15) is 12.6 Å². The monoisotopic (exact) mass is 629 g/mol. The van der Waals surface area contributed by atoms with Gasteiger partial charge in [-0.25, -0.2) is 14.6 Å². The number of methoxy groups -OCH3 is 1. The molecule has 0 saturated carbocycles. The molecule has 2 atom stereocenters. The first-order valence-electron chi connectivity index (χ1n) is 15.0. The van der Waals surface area contributed by atoms with Gasteiger partial charge in [0.25, 0.3) is 5.91 Å². The molecule has 4 aromatic carbocycles. The van der Waals surface area contributed by atoms with E-state index in [0.717, 1.165) is 33.4 Å². The largest absolute Gasteiger partial charge is 0.467 e. The number of nitrogens with two attached hydrogens (primary N) is 2. The van der Waals surface area contributed by atoms with E-state index in [2.05, 4.69) is 39.6 Å². The van der Waals surface area contributed by atoms with Crippen LogP contribution in [0.15, 0.2) is 96.0 Å². The molecular formula is C37H35N5O5. The second kappa shape index (κ2) is 14.3. The Balaban J connectivity index is 1.20. The number of aliphatic imine (C=N–C) groups is 1. The molecule has 0 heterocycles. The maximum atomic E-state index is 13.1. The SMILES string of the molecule is COC(=O)[C@@H](NC(=O)c1ccc(C#Cc2ccc(N=C(N)N)cc2C)cc1)[C@@H](C)NC(=O)OCC1c2ccccc2-c2ccccc21. The van der Waals surface area contributed by atoms with Crippen LogP contribution in [0.5, 0.6) is 0 Å². The van der Waals surface area contributed by atoms with Gasteiger partial charge in [0, 0.05) is 22.6 Å². The second-order valence-electron chi connectivity index (χ2n) is 11.1. The summed E-state index contributed by atoms with van der Waals surface area (Å²) in [5, 5.41) is 5.34. The zero-order valence-corrected chi connectivity index (χ0v) is 26.2. The molecule has 0 fully saturated rings. The number of carbonyl (C=O) groups excluding carboxylic acids is 3. The Kier molecular flexibility index (Phi) is 9.87. The predicted octanol–water partition coefficient (Wildman–Crippen LogP) is 4.50. The van der Waals surface area contributed by atoms with Crippen molar-refractivity contribution in [3.05, 3.63) is 124 Å². The third-order valence-electron chi connectivity index (χ3n) is 7.89.